The number of carbonyl (C=O) groups is 1. The number of sulfonamides is 1. The second-order valence-electron chi connectivity index (χ2n) is 6.23. The molecule has 24 heavy (non-hydrogen) atoms. The second-order valence-corrected chi connectivity index (χ2v) is 8.17. The zero-order valence-corrected chi connectivity index (χ0v) is 14.3. The van der Waals surface area contributed by atoms with Gasteiger partial charge in [-0.25, -0.2) is 8.42 Å². The van der Waals surface area contributed by atoms with Crippen molar-refractivity contribution in [3.05, 3.63) is 36.9 Å². The van der Waals surface area contributed by atoms with Gasteiger partial charge in [0.2, 0.25) is 15.9 Å². The number of carbonyl (C=O) groups excluding carboxylic acids is 1. The molecule has 1 aromatic rings. The highest BCUT2D eigenvalue weighted by Gasteiger charge is 2.37. The number of ether oxygens (including phenoxy) is 1. The van der Waals surface area contributed by atoms with Crippen LogP contribution in [0.1, 0.15) is 25.7 Å². The Bertz CT molecular complexity index is 703. The number of amides is 1. The molecule has 1 saturated carbocycles. The Labute approximate surface area is 142 Å². The van der Waals surface area contributed by atoms with Crippen LogP contribution in [0.15, 0.2) is 41.8 Å². The van der Waals surface area contributed by atoms with Gasteiger partial charge in [0.1, 0.15) is 5.75 Å². The van der Waals surface area contributed by atoms with Gasteiger partial charge >= 0.3 is 0 Å². The van der Waals surface area contributed by atoms with E-state index in [1.165, 1.54) is 23.2 Å². The van der Waals surface area contributed by atoms with Gasteiger partial charge < -0.3 is 10.1 Å². The molecule has 130 valence electrons. The maximum Gasteiger partial charge on any atom is 0.243 e. The van der Waals surface area contributed by atoms with Crippen molar-refractivity contribution >= 4 is 15.9 Å². The molecule has 0 radical (unpaired) electrons. The van der Waals surface area contributed by atoms with Crippen molar-refractivity contribution in [3.8, 4) is 5.75 Å². The molecule has 2 aliphatic rings. The molecule has 1 aliphatic carbocycles. The van der Waals surface area contributed by atoms with Crippen LogP contribution in [-0.2, 0) is 14.8 Å². The lowest BCUT2D eigenvalue weighted by Crippen LogP contribution is -2.60. The maximum atomic E-state index is 12.5. The lowest BCUT2D eigenvalue weighted by molar-refractivity contribution is -0.117. The summed E-state index contributed by atoms with van der Waals surface area (Å²) in [5.74, 6) is 0.422. The summed E-state index contributed by atoms with van der Waals surface area (Å²) in [6.07, 6.45) is 5.93. The van der Waals surface area contributed by atoms with E-state index >= 15 is 0 Å². The van der Waals surface area contributed by atoms with Crippen LogP contribution < -0.4 is 10.1 Å². The van der Waals surface area contributed by atoms with E-state index < -0.39 is 10.0 Å². The smallest absolute Gasteiger partial charge is 0.243 e. The fourth-order valence-corrected chi connectivity index (χ4v) is 4.55. The summed E-state index contributed by atoms with van der Waals surface area (Å²) in [5, 5.41) is 2.69. The average molecular weight is 350 g/mol. The third-order valence-corrected chi connectivity index (χ3v) is 6.29. The molecule has 6 nitrogen and oxygen atoms in total. The molecule has 1 N–H and O–H groups in total. The Morgan fingerprint density at radius 3 is 2.42 bits per heavy atom. The molecule has 0 unspecified atom stereocenters. The van der Waals surface area contributed by atoms with Crippen LogP contribution in [0.3, 0.4) is 0 Å². The standard InChI is InChI=1S/C17H22N2O4S/c1-2-17(20)18-13-11-19(12-13)24(21,22)16-9-7-15(8-10-16)23-14-5-3-4-6-14/h2,7-10,13-14H,1,3-6,11-12H2,(H,18,20). The highest BCUT2D eigenvalue weighted by atomic mass is 32.2. The monoisotopic (exact) mass is 350 g/mol. The second kappa shape index (κ2) is 6.94. The molecular weight excluding hydrogens is 328 g/mol. The maximum absolute atomic E-state index is 12.5. The first-order chi connectivity index (χ1) is 11.5. The Hall–Kier alpha value is -1.86. The van der Waals surface area contributed by atoms with Crippen LogP contribution in [-0.4, -0.2) is 43.9 Å². The number of nitrogens with zero attached hydrogens (tertiary/aromatic N) is 1. The van der Waals surface area contributed by atoms with Crippen molar-refractivity contribution in [2.75, 3.05) is 13.1 Å². The van der Waals surface area contributed by atoms with E-state index in [4.69, 9.17) is 4.74 Å². The van der Waals surface area contributed by atoms with Gasteiger partial charge in [0.25, 0.3) is 0 Å². The minimum atomic E-state index is -3.52. The zero-order chi connectivity index (χ0) is 17.2. The van der Waals surface area contributed by atoms with Gasteiger partial charge in [-0.05, 0) is 56.0 Å². The minimum Gasteiger partial charge on any atom is -0.490 e. The Morgan fingerprint density at radius 2 is 1.83 bits per heavy atom. The van der Waals surface area contributed by atoms with Crippen molar-refractivity contribution in [2.45, 2.75) is 42.7 Å². The van der Waals surface area contributed by atoms with E-state index in [9.17, 15) is 13.2 Å². The number of rotatable bonds is 6. The molecule has 7 heteroatoms. The predicted molar refractivity (Wildman–Crippen MR) is 90.2 cm³/mol. The third-order valence-electron chi connectivity index (χ3n) is 4.45. The van der Waals surface area contributed by atoms with Crippen molar-refractivity contribution in [3.63, 3.8) is 0 Å². The van der Waals surface area contributed by atoms with Crippen LogP contribution in [0.25, 0.3) is 0 Å². The molecule has 1 aromatic carbocycles. The first kappa shape index (κ1) is 17.0. The van der Waals surface area contributed by atoms with Gasteiger partial charge in [0, 0.05) is 13.1 Å². The van der Waals surface area contributed by atoms with E-state index in [2.05, 4.69) is 11.9 Å². The van der Waals surface area contributed by atoms with Crippen molar-refractivity contribution in [1.29, 1.82) is 0 Å². The van der Waals surface area contributed by atoms with Crippen LogP contribution in [0, 0.1) is 0 Å². The number of nitrogens with one attached hydrogen (secondary N) is 1. The Kier molecular flexibility index (Phi) is 4.91. The SMILES string of the molecule is C=CC(=O)NC1CN(S(=O)(=O)c2ccc(OC3CCCC3)cc2)C1. The molecular formula is C17H22N2O4S. The van der Waals surface area contributed by atoms with E-state index in [1.807, 2.05) is 0 Å². The highest BCUT2D eigenvalue weighted by molar-refractivity contribution is 7.89. The molecule has 0 bridgehead atoms. The van der Waals surface area contributed by atoms with Crippen LogP contribution >= 0.6 is 0 Å². The molecule has 3 rings (SSSR count). The minimum absolute atomic E-state index is 0.157. The summed E-state index contributed by atoms with van der Waals surface area (Å²) in [6, 6.07) is 6.42. The Morgan fingerprint density at radius 1 is 1.21 bits per heavy atom. The van der Waals surface area contributed by atoms with Crippen molar-refractivity contribution in [2.24, 2.45) is 0 Å². The summed E-state index contributed by atoms with van der Waals surface area (Å²) >= 11 is 0. The van der Waals surface area contributed by atoms with E-state index in [0.29, 0.717) is 5.75 Å². The van der Waals surface area contributed by atoms with Gasteiger partial charge in [0.15, 0.2) is 0 Å². The largest absolute Gasteiger partial charge is 0.490 e. The van der Waals surface area contributed by atoms with Gasteiger partial charge in [-0.3, -0.25) is 4.79 Å². The molecule has 0 atom stereocenters. The normalized spacial score (nSPS) is 19.7. The van der Waals surface area contributed by atoms with Crippen LogP contribution in [0.2, 0.25) is 0 Å². The molecule has 2 fully saturated rings. The Balaban J connectivity index is 1.59. The first-order valence-electron chi connectivity index (χ1n) is 8.19. The van der Waals surface area contributed by atoms with Gasteiger partial charge in [0.05, 0.1) is 17.0 Å². The lowest BCUT2D eigenvalue weighted by Gasteiger charge is -2.38. The van der Waals surface area contributed by atoms with Crippen LogP contribution in [0.4, 0.5) is 0 Å². The van der Waals surface area contributed by atoms with E-state index in [-0.39, 0.29) is 36.0 Å². The fourth-order valence-electron chi connectivity index (χ4n) is 3.02. The molecule has 1 amide bonds. The van der Waals surface area contributed by atoms with Gasteiger partial charge in [-0.1, -0.05) is 6.58 Å². The highest BCUT2D eigenvalue weighted by Crippen LogP contribution is 2.27. The van der Waals surface area contributed by atoms with E-state index in [1.54, 1.807) is 24.3 Å². The summed E-state index contributed by atoms with van der Waals surface area (Å²) in [7, 11) is -3.52. The van der Waals surface area contributed by atoms with Crippen molar-refractivity contribution in [1.82, 2.24) is 9.62 Å². The molecule has 1 aliphatic heterocycles. The molecule has 1 heterocycles. The van der Waals surface area contributed by atoms with Crippen LogP contribution in [0.5, 0.6) is 5.75 Å². The number of hydrogen-bond donors (Lipinski definition) is 1. The predicted octanol–water partition coefficient (Wildman–Crippen LogP) is 1.68. The summed E-state index contributed by atoms with van der Waals surface area (Å²) in [4.78, 5) is 11.5. The molecule has 0 aromatic heterocycles. The first-order valence-corrected chi connectivity index (χ1v) is 9.63. The summed E-state index contributed by atoms with van der Waals surface area (Å²) in [5.41, 5.74) is 0. The summed E-state index contributed by atoms with van der Waals surface area (Å²) in [6.45, 7) is 3.94. The zero-order valence-electron chi connectivity index (χ0n) is 13.5. The quantitative estimate of drug-likeness (QED) is 0.792. The summed E-state index contributed by atoms with van der Waals surface area (Å²) < 4.78 is 32.3. The van der Waals surface area contributed by atoms with E-state index in [0.717, 1.165) is 12.8 Å². The van der Waals surface area contributed by atoms with Gasteiger partial charge in [-0.15, -0.1) is 0 Å². The third kappa shape index (κ3) is 3.62. The molecule has 0 spiro atoms. The lowest BCUT2D eigenvalue weighted by atomic mass is 10.2. The molecule has 1 saturated heterocycles. The number of benzene rings is 1. The van der Waals surface area contributed by atoms with Gasteiger partial charge in [-0.2, -0.15) is 4.31 Å². The topological polar surface area (TPSA) is 75.7 Å². The van der Waals surface area contributed by atoms with Crippen molar-refractivity contribution < 1.29 is 17.9 Å². The number of hydrogen-bond acceptors (Lipinski definition) is 4. The fraction of sp³-hybridized carbons (Fsp3) is 0.471. The average Bonchev–Trinajstić information content (AvgIpc) is 3.03.